The van der Waals surface area contributed by atoms with Crippen LogP contribution in [0, 0.1) is 5.92 Å². The molecule has 0 aromatic heterocycles. The van der Waals surface area contributed by atoms with E-state index in [0.717, 1.165) is 32.1 Å². The fourth-order valence-corrected chi connectivity index (χ4v) is 6.74. The van der Waals surface area contributed by atoms with Gasteiger partial charge in [0.1, 0.15) is 36.6 Å². The Balaban J connectivity index is 0.00000552. The van der Waals surface area contributed by atoms with Crippen LogP contribution in [0.5, 0.6) is 0 Å². The number of hydrogen-bond acceptors (Lipinski definition) is 13. The molecule has 4 rings (SSSR count). The Morgan fingerprint density at radius 1 is 0.867 bits per heavy atom. The van der Waals surface area contributed by atoms with Gasteiger partial charge in [0.15, 0.2) is 18.7 Å². The van der Waals surface area contributed by atoms with Gasteiger partial charge in [-0.3, -0.25) is 4.79 Å². The van der Waals surface area contributed by atoms with Crippen LogP contribution in [0.4, 0.5) is 0 Å². The number of nitrogens with one attached hydrogen (secondary N) is 1. The predicted octanol–water partition coefficient (Wildman–Crippen LogP) is -3.91. The van der Waals surface area contributed by atoms with Crippen LogP contribution in [0.25, 0.3) is 0 Å². The average Bonchev–Trinajstić information content (AvgIpc) is 2.99. The summed E-state index contributed by atoms with van der Waals surface area (Å²) in [6, 6.07) is -0.568. The fraction of sp³-hybridized carbons (Fsp3) is 0.931. The molecule has 0 unspecified atom stereocenters. The monoisotopic (exact) mass is 658 g/mol. The molecule has 2 saturated carbocycles. The van der Waals surface area contributed by atoms with Crippen LogP contribution >= 0.6 is 0 Å². The van der Waals surface area contributed by atoms with Gasteiger partial charge in [0.2, 0.25) is 0 Å². The van der Waals surface area contributed by atoms with Crippen molar-refractivity contribution >= 4 is 11.9 Å². The third-order valence-electron chi connectivity index (χ3n) is 9.26. The minimum atomic E-state index is -1.65. The second-order valence-corrected chi connectivity index (χ2v) is 12.5. The molecule has 4 aliphatic rings. The molecular formula is C29H49NNaO14+. The average molecular weight is 659 g/mol. The van der Waals surface area contributed by atoms with Crippen LogP contribution in [0.3, 0.4) is 0 Å². The van der Waals surface area contributed by atoms with Crippen LogP contribution in [0.1, 0.15) is 71.1 Å². The predicted molar refractivity (Wildman–Crippen MR) is 149 cm³/mol. The van der Waals surface area contributed by atoms with Crippen molar-refractivity contribution in [1.82, 2.24) is 5.32 Å². The normalized spacial score (nSPS) is 40.3. The summed E-state index contributed by atoms with van der Waals surface area (Å²) in [6.45, 7) is 0.590. The topological polar surface area (TPSA) is 234 Å². The molecule has 2 heterocycles. The van der Waals surface area contributed by atoms with Gasteiger partial charge in [-0.2, -0.15) is 0 Å². The fourth-order valence-electron chi connectivity index (χ4n) is 6.74. The van der Waals surface area contributed by atoms with Crippen molar-refractivity contribution in [2.24, 2.45) is 5.92 Å². The van der Waals surface area contributed by atoms with Crippen molar-refractivity contribution in [1.29, 1.82) is 0 Å². The first-order chi connectivity index (χ1) is 21.0. The van der Waals surface area contributed by atoms with Crippen molar-refractivity contribution in [3.05, 3.63) is 0 Å². The minimum absolute atomic E-state index is 0. The largest absolute Gasteiger partial charge is 1.00 e. The maximum Gasteiger partial charge on any atom is 1.00 e. The molecule has 0 spiro atoms. The Kier molecular flexibility index (Phi) is 15.8. The van der Waals surface area contributed by atoms with Crippen molar-refractivity contribution in [2.75, 3.05) is 13.2 Å². The number of hydrogen-bond donors (Lipinski definition) is 8. The van der Waals surface area contributed by atoms with E-state index < -0.39 is 98.2 Å². The quantitative estimate of drug-likeness (QED) is 0.0884. The number of carbonyl (C=O) groups is 2. The number of aliphatic hydroxyl groups is 5. The van der Waals surface area contributed by atoms with E-state index >= 15 is 0 Å². The molecule has 0 aromatic carbocycles. The van der Waals surface area contributed by atoms with E-state index in [1.165, 1.54) is 0 Å². The van der Waals surface area contributed by atoms with Crippen LogP contribution in [0.2, 0.25) is 0 Å². The van der Waals surface area contributed by atoms with Crippen molar-refractivity contribution in [3.63, 3.8) is 0 Å². The first-order valence-electron chi connectivity index (χ1n) is 15.8. The molecule has 16 heteroatoms. The zero-order valence-electron chi connectivity index (χ0n) is 26.1. The summed E-state index contributed by atoms with van der Waals surface area (Å²) in [5.41, 5.74) is 0. The molecule has 4 fully saturated rings. The summed E-state index contributed by atoms with van der Waals surface area (Å²) in [5.74, 6) is -2.18. The Morgan fingerprint density at radius 3 is 2.22 bits per heavy atom. The van der Waals surface area contributed by atoms with Gasteiger partial charge in [-0.25, -0.2) is 4.79 Å². The third kappa shape index (κ3) is 10.5. The van der Waals surface area contributed by atoms with Gasteiger partial charge in [-0.15, -0.1) is 0 Å². The van der Waals surface area contributed by atoms with E-state index in [0.29, 0.717) is 19.3 Å². The number of aliphatic carboxylic acids is 2. The van der Waals surface area contributed by atoms with Crippen LogP contribution in [-0.4, -0.2) is 140 Å². The molecule has 0 aromatic rings. The van der Waals surface area contributed by atoms with Crippen molar-refractivity contribution in [2.45, 2.75) is 151 Å². The van der Waals surface area contributed by atoms with Gasteiger partial charge < -0.3 is 64.7 Å². The van der Waals surface area contributed by atoms with Crippen LogP contribution < -0.4 is 34.9 Å². The van der Waals surface area contributed by atoms with Gasteiger partial charge in [0, 0.05) is 12.5 Å². The van der Waals surface area contributed by atoms with E-state index in [9.17, 15) is 45.3 Å². The zero-order valence-corrected chi connectivity index (χ0v) is 28.1. The van der Waals surface area contributed by atoms with Gasteiger partial charge >= 0.3 is 41.5 Å². The molecule has 2 saturated heterocycles. The smallest absolute Gasteiger partial charge is 0.480 e. The first kappa shape index (κ1) is 38.9. The summed E-state index contributed by atoms with van der Waals surface area (Å²) in [5, 5.41) is 74.9. The Morgan fingerprint density at radius 2 is 1.58 bits per heavy atom. The van der Waals surface area contributed by atoms with Gasteiger partial charge in [-0.1, -0.05) is 32.1 Å². The summed E-state index contributed by atoms with van der Waals surface area (Å²) in [6.07, 6.45) is -7.83. The summed E-state index contributed by atoms with van der Waals surface area (Å²) in [4.78, 5) is 23.5. The van der Waals surface area contributed by atoms with E-state index in [1.807, 2.05) is 0 Å². The number of rotatable bonds is 13. The number of carboxylic acids is 2. The standard InChI is InChI=1S/C29H49NO14.Na/c1-14-17(32)11-18(33)28(40-14)44-25-16(30-12-22(34)35)8-5-9-19(25)42-29-24(37)26(23(36)21(13-31)43-29)41-20(27(38)39)10-15-6-3-2-4-7-15;/h14-21,23-26,28-33,36-37H,2-13H2,1H3,(H,34,35)(H,38,39);/q;+1/t14-,16-,17-,18-,19+,20-,21+,23-,24+,25+,26-,28-,29+;/m0./s1. The Labute approximate surface area is 284 Å². The van der Waals surface area contributed by atoms with E-state index in [4.69, 9.17) is 23.7 Å². The first-order valence-corrected chi connectivity index (χ1v) is 15.8. The van der Waals surface area contributed by atoms with Gasteiger partial charge in [0.05, 0.1) is 31.5 Å². The van der Waals surface area contributed by atoms with Crippen LogP contribution in [-0.2, 0) is 33.3 Å². The van der Waals surface area contributed by atoms with Crippen LogP contribution in [0.15, 0.2) is 0 Å². The maximum absolute atomic E-state index is 12.1. The van der Waals surface area contributed by atoms with E-state index in [1.54, 1.807) is 6.92 Å². The molecule has 13 atom stereocenters. The van der Waals surface area contributed by atoms with Crippen molar-refractivity contribution in [3.8, 4) is 0 Å². The molecule has 15 nitrogen and oxygen atoms in total. The summed E-state index contributed by atoms with van der Waals surface area (Å²) in [7, 11) is 0. The van der Waals surface area contributed by atoms with Gasteiger partial charge in [-0.05, 0) is 38.5 Å². The van der Waals surface area contributed by atoms with E-state index in [-0.39, 0.29) is 54.9 Å². The summed E-state index contributed by atoms with van der Waals surface area (Å²) >= 11 is 0. The maximum atomic E-state index is 12.1. The molecule has 254 valence electrons. The molecular weight excluding hydrogens is 609 g/mol. The molecule has 0 bridgehead atoms. The Hall–Kier alpha value is -0.500. The zero-order chi connectivity index (χ0) is 32.0. The minimum Gasteiger partial charge on any atom is -0.480 e. The molecule has 2 aliphatic heterocycles. The molecule has 8 N–H and O–H groups in total. The third-order valence-corrected chi connectivity index (χ3v) is 9.26. The number of ether oxygens (including phenoxy) is 5. The molecule has 0 radical (unpaired) electrons. The second-order valence-electron chi connectivity index (χ2n) is 12.5. The molecule has 2 aliphatic carbocycles. The SMILES string of the molecule is C[C@@H]1O[C@@H](O[C@@H]2[C@@H](NCC(=O)O)CCC[C@H]2O[C@@H]2O[C@H](CO)[C@H](O)[C@H](O[C@@H](CC3CCCCC3)C(=O)O)[C@H]2O)[C@@H](O)C[C@@H]1O.[Na+]. The van der Waals surface area contributed by atoms with Gasteiger partial charge in [0.25, 0.3) is 0 Å². The van der Waals surface area contributed by atoms with Crippen molar-refractivity contribution < 1.29 is 98.6 Å². The molecule has 45 heavy (non-hydrogen) atoms. The van der Waals surface area contributed by atoms with E-state index in [2.05, 4.69) is 5.32 Å². The molecule has 0 amide bonds. The number of carboxylic acid groups (broad SMARTS) is 2. The summed E-state index contributed by atoms with van der Waals surface area (Å²) < 4.78 is 29.6. The second kappa shape index (κ2) is 18.3. The Bertz CT molecular complexity index is 927. The number of aliphatic hydroxyl groups excluding tert-OH is 5.